The van der Waals surface area contributed by atoms with Crippen LogP contribution in [0.2, 0.25) is 0 Å². The lowest BCUT2D eigenvalue weighted by Gasteiger charge is -2.27. The van der Waals surface area contributed by atoms with E-state index >= 15 is 0 Å². The van der Waals surface area contributed by atoms with E-state index in [9.17, 15) is 24.3 Å². The molecular formula is C22H39N7O5. The molecule has 0 aliphatic heterocycles. The first kappa shape index (κ1) is 29.0. The summed E-state index contributed by atoms with van der Waals surface area (Å²) in [5, 5.41) is 17.4. The molecule has 0 fully saturated rings. The Balaban J connectivity index is 2.96. The zero-order valence-corrected chi connectivity index (χ0v) is 20.3. The van der Waals surface area contributed by atoms with Crippen molar-refractivity contribution in [3.8, 4) is 0 Å². The highest BCUT2D eigenvalue weighted by atomic mass is 16.4. The van der Waals surface area contributed by atoms with Gasteiger partial charge in [0.2, 0.25) is 17.7 Å². The molecule has 0 radical (unpaired) electrons. The van der Waals surface area contributed by atoms with E-state index in [1.807, 2.05) is 0 Å². The van der Waals surface area contributed by atoms with Crippen LogP contribution < -0.4 is 27.4 Å². The van der Waals surface area contributed by atoms with Crippen molar-refractivity contribution in [3.63, 3.8) is 0 Å². The quantitative estimate of drug-likeness (QED) is 0.158. The molecule has 34 heavy (non-hydrogen) atoms. The standard InChI is InChI=1S/C22H39N7O5/c1-12(2)17(24)20(31)29-18(13(3)4)21(32)27-15(7-5-6-8-23)19(30)28-16(22(33)34)9-14-10-25-11-26-14/h10-13,15-18H,5-9,23-24H2,1-4H3,(H,25,26)(H,27,32)(H,28,30)(H,29,31)(H,33,34). The predicted octanol–water partition coefficient (Wildman–Crippen LogP) is -0.740. The topological polar surface area (TPSA) is 205 Å². The average molecular weight is 482 g/mol. The van der Waals surface area contributed by atoms with Gasteiger partial charge in [-0.2, -0.15) is 0 Å². The van der Waals surface area contributed by atoms with Gasteiger partial charge in [0.1, 0.15) is 18.1 Å². The van der Waals surface area contributed by atoms with Gasteiger partial charge in [-0.05, 0) is 37.6 Å². The van der Waals surface area contributed by atoms with E-state index in [0.717, 1.165) is 0 Å². The molecule has 0 bridgehead atoms. The highest BCUT2D eigenvalue weighted by molar-refractivity contribution is 5.94. The number of H-pyrrole nitrogens is 1. The van der Waals surface area contributed by atoms with E-state index in [4.69, 9.17) is 11.5 Å². The summed E-state index contributed by atoms with van der Waals surface area (Å²) in [6.45, 7) is 7.54. The van der Waals surface area contributed by atoms with E-state index in [-0.39, 0.29) is 24.7 Å². The number of carbonyl (C=O) groups excluding carboxylic acids is 3. The number of hydrogen-bond donors (Lipinski definition) is 7. The maximum absolute atomic E-state index is 13.0. The average Bonchev–Trinajstić information content (AvgIpc) is 3.28. The normalized spacial score (nSPS) is 14.8. The molecule has 12 nitrogen and oxygen atoms in total. The molecule has 1 heterocycles. The van der Waals surface area contributed by atoms with Crippen LogP contribution in [0, 0.1) is 11.8 Å². The zero-order valence-electron chi connectivity index (χ0n) is 20.3. The minimum atomic E-state index is -1.22. The summed E-state index contributed by atoms with van der Waals surface area (Å²) in [6, 6.07) is -3.91. The van der Waals surface area contributed by atoms with Crippen LogP contribution in [0.25, 0.3) is 0 Å². The molecule has 3 amide bonds. The SMILES string of the molecule is CC(C)C(N)C(=O)NC(C(=O)NC(CCCCN)C(=O)NC(Cc1cnc[nH]1)C(=O)O)C(C)C. The summed E-state index contributed by atoms with van der Waals surface area (Å²) in [7, 11) is 0. The lowest BCUT2D eigenvalue weighted by atomic mass is 9.99. The van der Waals surface area contributed by atoms with Crippen molar-refractivity contribution in [2.45, 2.75) is 77.5 Å². The van der Waals surface area contributed by atoms with Crippen LogP contribution in [0.1, 0.15) is 52.7 Å². The number of aromatic nitrogens is 2. The van der Waals surface area contributed by atoms with Gasteiger partial charge in [0, 0.05) is 18.3 Å². The first-order chi connectivity index (χ1) is 16.0. The number of unbranched alkanes of at least 4 members (excludes halogenated alkanes) is 1. The van der Waals surface area contributed by atoms with Crippen LogP contribution in [-0.4, -0.2) is 69.5 Å². The van der Waals surface area contributed by atoms with Crippen molar-refractivity contribution in [2.75, 3.05) is 6.54 Å². The number of carbonyl (C=O) groups is 4. The minimum Gasteiger partial charge on any atom is -0.480 e. The third-order valence-corrected chi connectivity index (χ3v) is 5.44. The molecule has 0 aromatic carbocycles. The lowest BCUT2D eigenvalue weighted by molar-refractivity contribution is -0.142. The van der Waals surface area contributed by atoms with Crippen LogP contribution in [0.5, 0.6) is 0 Å². The Morgan fingerprint density at radius 3 is 2.12 bits per heavy atom. The maximum Gasteiger partial charge on any atom is 0.326 e. The van der Waals surface area contributed by atoms with E-state index < -0.39 is 47.9 Å². The van der Waals surface area contributed by atoms with Gasteiger partial charge in [-0.3, -0.25) is 14.4 Å². The molecule has 1 aromatic heterocycles. The minimum absolute atomic E-state index is 0.00229. The number of amides is 3. The van der Waals surface area contributed by atoms with E-state index in [2.05, 4.69) is 25.9 Å². The first-order valence-corrected chi connectivity index (χ1v) is 11.5. The number of imidazole rings is 1. The van der Waals surface area contributed by atoms with E-state index in [1.165, 1.54) is 12.5 Å². The molecule has 9 N–H and O–H groups in total. The van der Waals surface area contributed by atoms with Crippen molar-refractivity contribution in [1.29, 1.82) is 0 Å². The number of aromatic amines is 1. The maximum atomic E-state index is 13.0. The van der Waals surface area contributed by atoms with Crippen molar-refractivity contribution < 1.29 is 24.3 Å². The molecular weight excluding hydrogens is 442 g/mol. The van der Waals surface area contributed by atoms with Gasteiger partial charge in [-0.15, -0.1) is 0 Å². The molecule has 1 aromatic rings. The molecule has 0 spiro atoms. The highest BCUT2D eigenvalue weighted by Crippen LogP contribution is 2.08. The molecule has 1 rings (SSSR count). The summed E-state index contributed by atoms with van der Waals surface area (Å²) in [5.74, 6) is -3.25. The summed E-state index contributed by atoms with van der Waals surface area (Å²) in [5.41, 5.74) is 12.0. The van der Waals surface area contributed by atoms with E-state index in [1.54, 1.807) is 27.7 Å². The van der Waals surface area contributed by atoms with Gasteiger partial charge >= 0.3 is 5.97 Å². The van der Waals surface area contributed by atoms with Gasteiger partial charge < -0.3 is 37.5 Å². The number of carboxylic acid groups (broad SMARTS) is 1. The fourth-order valence-corrected chi connectivity index (χ4v) is 3.20. The fraction of sp³-hybridized carbons (Fsp3) is 0.682. The smallest absolute Gasteiger partial charge is 0.326 e. The zero-order chi connectivity index (χ0) is 25.8. The number of nitrogens with one attached hydrogen (secondary N) is 4. The number of aliphatic carboxylic acids is 1. The molecule has 0 saturated carbocycles. The second kappa shape index (κ2) is 14.3. The summed E-state index contributed by atoms with van der Waals surface area (Å²) in [4.78, 5) is 56.8. The monoisotopic (exact) mass is 481 g/mol. The predicted molar refractivity (Wildman–Crippen MR) is 126 cm³/mol. The summed E-state index contributed by atoms with van der Waals surface area (Å²) >= 11 is 0. The Morgan fingerprint density at radius 2 is 1.62 bits per heavy atom. The van der Waals surface area contributed by atoms with Crippen LogP contribution in [0.3, 0.4) is 0 Å². The van der Waals surface area contributed by atoms with E-state index in [0.29, 0.717) is 25.1 Å². The van der Waals surface area contributed by atoms with Crippen LogP contribution in [0.4, 0.5) is 0 Å². The summed E-state index contributed by atoms with van der Waals surface area (Å²) < 4.78 is 0. The molecule has 0 aliphatic rings. The van der Waals surface area contributed by atoms with Crippen molar-refractivity contribution in [2.24, 2.45) is 23.3 Å². The second-order valence-electron chi connectivity index (χ2n) is 9.03. The number of carboxylic acids is 1. The van der Waals surface area contributed by atoms with Crippen LogP contribution in [-0.2, 0) is 25.6 Å². The van der Waals surface area contributed by atoms with Gasteiger partial charge in [0.15, 0.2) is 0 Å². The third kappa shape index (κ3) is 9.48. The van der Waals surface area contributed by atoms with Gasteiger partial charge in [-0.25, -0.2) is 9.78 Å². The van der Waals surface area contributed by atoms with Gasteiger partial charge in [-0.1, -0.05) is 27.7 Å². The number of hydrogen-bond acceptors (Lipinski definition) is 7. The lowest BCUT2D eigenvalue weighted by Crippen LogP contribution is -2.59. The first-order valence-electron chi connectivity index (χ1n) is 11.5. The second-order valence-corrected chi connectivity index (χ2v) is 9.03. The highest BCUT2D eigenvalue weighted by Gasteiger charge is 2.32. The Morgan fingerprint density at radius 1 is 0.971 bits per heavy atom. The van der Waals surface area contributed by atoms with Crippen LogP contribution in [0.15, 0.2) is 12.5 Å². The molecule has 4 atom stereocenters. The van der Waals surface area contributed by atoms with Crippen LogP contribution >= 0.6 is 0 Å². The van der Waals surface area contributed by atoms with Crippen molar-refractivity contribution in [1.82, 2.24) is 25.9 Å². The van der Waals surface area contributed by atoms with Crippen molar-refractivity contribution in [3.05, 3.63) is 18.2 Å². The summed E-state index contributed by atoms with van der Waals surface area (Å²) in [6.07, 6.45) is 4.32. The Kier molecular flexibility index (Phi) is 12.2. The Labute approximate surface area is 200 Å². The van der Waals surface area contributed by atoms with Gasteiger partial charge in [0.05, 0.1) is 12.4 Å². The molecule has 12 heteroatoms. The number of nitrogens with zero attached hydrogens (tertiary/aromatic N) is 1. The largest absolute Gasteiger partial charge is 0.480 e. The molecule has 0 aliphatic carbocycles. The molecule has 0 saturated heterocycles. The third-order valence-electron chi connectivity index (χ3n) is 5.44. The molecule has 192 valence electrons. The van der Waals surface area contributed by atoms with Crippen molar-refractivity contribution >= 4 is 23.7 Å². The van der Waals surface area contributed by atoms with Gasteiger partial charge in [0.25, 0.3) is 0 Å². The molecule has 4 unspecified atom stereocenters. The number of rotatable bonds is 15. The Hall–Kier alpha value is -2.99. The number of nitrogens with two attached hydrogens (primary N) is 2. The Bertz CT molecular complexity index is 798. The fourth-order valence-electron chi connectivity index (χ4n) is 3.20.